The molecule has 1 aliphatic heterocycles. The number of methoxy groups -OCH3 is 1. The smallest absolute Gasteiger partial charge is 0.146 e. The topological polar surface area (TPSA) is 27.7 Å². The highest BCUT2D eigenvalue weighted by Crippen LogP contribution is 2.21. The third-order valence-electron chi connectivity index (χ3n) is 3.67. The van der Waals surface area contributed by atoms with E-state index in [2.05, 4.69) is 22.2 Å². The summed E-state index contributed by atoms with van der Waals surface area (Å²) in [7, 11) is 3.77. The SMILES string of the molecule is COCCNCc1ccc(N2CCN(C)CC2)c(F)c1. The van der Waals surface area contributed by atoms with E-state index in [9.17, 15) is 4.39 Å². The maximum Gasteiger partial charge on any atom is 0.146 e. The maximum atomic E-state index is 14.2. The van der Waals surface area contributed by atoms with Crippen molar-refractivity contribution in [2.75, 3.05) is 58.4 Å². The lowest BCUT2D eigenvalue weighted by Gasteiger charge is -2.34. The van der Waals surface area contributed by atoms with E-state index in [1.807, 2.05) is 12.1 Å². The van der Waals surface area contributed by atoms with Crippen molar-refractivity contribution in [1.82, 2.24) is 10.2 Å². The normalized spacial score (nSPS) is 16.6. The van der Waals surface area contributed by atoms with Crippen molar-refractivity contribution in [3.8, 4) is 0 Å². The average Bonchev–Trinajstić information content (AvgIpc) is 2.45. The molecule has 20 heavy (non-hydrogen) atoms. The predicted octanol–water partition coefficient (Wildman–Crippen LogP) is 1.31. The second kappa shape index (κ2) is 7.57. The Morgan fingerprint density at radius 3 is 2.65 bits per heavy atom. The lowest BCUT2D eigenvalue weighted by Crippen LogP contribution is -2.44. The molecule has 0 atom stereocenters. The standard InChI is InChI=1S/C15H24FN3O/c1-18-6-8-19(9-7-18)15-4-3-13(11-14(15)16)12-17-5-10-20-2/h3-4,11,17H,5-10,12H2,1-2H3. The Morgan fingerprint density at radius 2 is 2.00 bits per heavy atom. The molecule has 0 aliphatic carbocycles. The molecule has 1 aromatic rings. The molecule has 0 amide bonds. The molecule has 112 valence electrons. The number of piperazine rings is 1. The van der Waals surface area contributed by atoms with Gasteiger partial charge in [0.05, 0.1) is 12.3 Å². The summed E-state index contributed by atoms with van der Waals surface area (Å²) in [6, 6.07) is 5.53. The van der Waals surface area contributed by atoms with Crippen LogP contribution >= 0.6 is 0 Å². The summed E-state index contributed by atoms with van der Waals surface area (Å²) in [5, 5.41) is 3.22. The Labute approximate surface area is 120 Å². The molecule has 1 saturated heterocycles. The molecule has 5 heteroatoms. The molecule has 0 saturated carbocycles. The number of nitrogens with one attached hydrogen (secondary N) is 1. The largest absolute Gasteiger partial charge is 0.383 e. The average molecular weight is 281 g/mol. The van der Waals surface area contributed by atoms with Crippen LogP contribution in [0.2, 0.25) is 0 Å². The van der Waals surface area contributed by atoms with Gasteiger partial charge in [0.1, 0.15) is 5.82 Å². The zero-order valence-electron chi connectivity index (χ0n) is 12.4. The van der Waals surface area contributed by atoms with Crippen molar-refractivity contribution in [3.05, 3.63) is 29.6 Å². The molecule has 0 unspecified atom stereocenters. The predicted molar refractivity (Wildman–Crippen MR) is 79.7 cm³/mol. The first kappa shape index (κ1) is 15.2. The first-order valence-corrected chi connectivity index (χ1v) is 7.12. The first-order chi connectivity index (χ1) is 9.70. The zero-order chi connectivity index (χ0) is 14.4. The van der Waals surface area contributed by atoms with Crippen molar-refractivity contribution in [1.29, 1.82) is 0 Å². The van der Waals surface area contributed by atoms with E-state index in [4.69, 9.17) is 4.74 Å². The summed E-state index contributed by atoms with van der Waals surface area (Å²) in [6.07, 6.45) is 0. The Hall–Kier alpha value is -1.17. The van der Waals surface area contributed by atoms with E-state index >= 15 is 0 Å². The van der Waals surface area contributed by atoms with Crippen LogP contribution in [0.5, 0.6) is 0 Å². The molecule has 1 aliphatic rings. The van der Waals surface area contributed by atoms with Gasteiger partial charge in [-0.15, -0.1) is 0 Å². The fraction of sp³-hybridized carbons (Fsp3) is 0.600. The fourth-order valence-corrected chi connectivity index (χ4v) is 2.37. The Bertz CT molecular complexity index is 420. The minimum absolute atomic E-state index is 0.124. The van der Waals surface area contributed by atoms with Crippen molar-refractivity contribution in [2.24, 2.45) is 0 Å². The van der Waals surface area contributed by atoms with Gasteiger partial charge in [-0.2, -0.15) is 0 Å². The van der Waals surface area contributed by atoms with Gasteiger partial charge in [-0.05, 0) is 24.7 Å². The third-order valence-corrected chi connectivity index (χ3v) is 3.67. The summed E-state index contributed by atoms with van der Waals surface area (Å²) >= 11 is 0. The Kier molecular flexibility index (Phi) is 5.76. The quantitative estimate of drug-likeness (QED) is 0.796. The molecule has 2 rings (SSSR count). The van der Waals surface area contributed by atoms with Gasteiger partial charge in [0.15, 0.2) is 0 Å². The number of likely N-dealkylation sites (N-methyl/N-ethyl adjacent to an activating group) is 1. The van der Waals surface area contributed by atoms with Crippen LogP contribution in [0.25, 0.3) is 0 Å². The molecule has 4 nitrogen and oxygen atoms in total. The molecule has 0 radical (unpaired) electrons. The van der Waals surface area contributed by atoms with Gasteiger partial charge in [0.25, 0.3) is 0 Å². The van der Waals surface area contributed by atoms with Crippen molar-refractivity contribution in [2.45, 2.75) is 6.54 Å². The summed E-state index contributed by atoms with van der Waals surface area (Å²) in [4.78, 5) is 4.39. The molecular weight excluding hydrogens is 257 g/mol. The van der Waals surface area contributed by atoms with E-state index in [1.165, 1.54) is 0 Å². The number of halogens is 1. The van der Waals surface area contributed by atoms with Gasteiger partial charge in [0, 0.05) is 46.4 Å². The molecule has 0 bridgehead atoms. The van der Waals surface area contributed by atoms with Crippen molar-refractivity contribution >= 4 is 5.69 Å². The van der Waals surface area contributed by atoms with Gasteiger partial charge in [-0.1, -0.05) is 6.07 Å². The summed E-state index contributed by atoms with van der Waals surface area (Å²) in [6.45, 7) is 5.86. The van der Waals surface area contributed by atoms with Gasteiger partial charge in [0.2, 0.25) is 0 Å². The van der Waals surface area contributed by atoms with Gasteiger partial charge in [-0.3, -0.25) is 0 Å². The van der Waals surface area contributed by atoms with Crippen LogP contribution in [-0.4, -0.2) is 58.4 Å². The molecule has 1 fully saturated rings. The minimum Gasteiger partial charge on any atom is -0.383 e. The van der Waals surface area contributed by atoms with Crippen LogP contribution < -0.4 is 10.2 Å². The first-order valence-electron chi connectivity index (χ1n) is 7.12. The number of hydrogen-bond acceptors (Lipinski definition) is 4. The monoisotopic (exact) mass is 281 g/mol. The maximum absolute atomic E-state index is 14.2. The third kappa shape index (κ3) is 4.16. The Balaban J connectivity index is 1.92. The van der Waals surface area contributed by atoms with E-state index < -0.39 is 0 Å². The molecule has 1 aromatic carbocycles. The van der Waals surface area contributed by atoms with Crippen molar-refractivity contribution < 1.29 is 9.13 Å². The number of rotatable bonds is 6. The van der Waals surface area contributed by atoms with Crippen LogP contribution in [0.4, 0.5) is 10.1 Å². The zero-order valence-corrected chi connectivity index (χ0v) is 12.4. The van der Waals surface area contributed by atoms with Crippen LogP contribution in [0, 0.1) is 5.82 Å². The highest BCUT2D eigenvalue weighted by Gasteiger charge is 2.17. The molecular formula is C15H24FN3O. The second-order valence-corrected chi connectivity index (χ2v) is 5.25. The Morgan fingerprint density at radius 1 is 1.25 bits per heavy atom. The summed E-state index contributed by atoms with van der Waals surface area (Å²) < 4.78 is 19.2. The number of anilines is 1. The van der Waals surface area contributed by atoms with E-state index in [1.54, 1.807) is 13.2 Å². The molecule has 0 spiro atoms. The molecule has 1 N–H and O–H groups in total. The second-order valence-electron chi connectivity index (χ2n) is 5.25. The highest BCUT2D eigenvalue weighted by molar-refractivity contribution is 5.49. The highest BCUT2D eigenvalue weighted by atomic mass is 19.1. The summed E-state index contributed by atoms with van der Waals surface area (Å²) in [5.41, 5.74) is 1.69. The van der Waals surface area contributed by atoms with Crippen LogP contribution in [-0.2, 0) is 11.3 Å². The van der Waals surface area contributed by atoms with Gasteiger partial charge < -0.3 is 19.9 Å². The van der Waals surface area contributed by atoms with E-state index in [-0.39, 0.29) is 5.82 Å². The number of hydrogen-bond donors (Lipinski definition) is 1. The van der Waals surface area contributed by atoms with Gasteiger partial charge >= 0.3 is 0 Å². The number of ether oxygens (including phenoxy) is 1. The fourth-order valence-electron chi connectivity index (χ4n) is 2.37. The van der Waals surface area contributed by atoms with Crippen LogP contribution in [0.3, 0.4) is 0 Å². The lowest BCUT2D eigenvalue weighted by molar-refractivity contribution is 0.199. The van der Waals surface area contributed by atoms with Gasteiger partial charge in [-0.25, -0.2) is 4.39 Å². The minimum atomic E-state index is -0.124. The molecule has 1 heterocycles. The summed E-state index contributed by atoms with van der Waals surface area (Å²) in [5.74, 6) is -0.124. The van der Waals surface area contributed by atoms with Crippen molar-refractivity contribution in [3.63, 3.8) is 0 Å². The van der Waals surface area contributed by atoms with Crippen LogP contribution in [0.15, 0.2) is 18.2 Å². The molecule has 0 aromatic heterocycles. The number of benzene rings is 1. The van der Waals surface area contributed by atoms with E-state index in [0.29, 0.717) is 13.2 Å². The van der Waals surface area contributed by atoms with E-state index in [0.717, 1.165) is 44.0 Å². The van der Waals surface area contributed by atoms with Crippen LogP contribution in [0.1, 0.15) is 5.56 Å². The number of nitrogens with zero attached hydrogens (tertiary/aromatic N) is 2. The lowest BCUT2D eigenvalue weighted by atomic mass is 10.1.